The van der Waals surface area contributed by atoms with Gasteiger partial charge in [-0.25, -0.2) is 0 Å². The Bertz CT molecular complexity index is 837. The normalized spacial score (nSPS) is 16.0. The molecule has 1 unspecified atom stereocenters. The number of likely N-dealkylation sites (tertiary alicyclic amines) is 1. The first-order chi connectivity index (χ1) is 14.1. The Balaban J connectivity index is 1.64. The zero-order valence-corrected chi connectivity index (χ0v) is 16.7. The highest BCUT2D eigenvalue weighted by atomic mass is 16.5. The Kier molecular flexibility index (Phi) is 7.08. The van der Waals surface area contributed by atoms with Crippen LogP contribution in [0.4, 0.5) is 5.69 Å². The molecule has 0 radical (unpaired) electrons. The highest BCUT2D eigenvalue weighted by molar-refractivity contribution is 5.98. The van der Waals surface area contributed by atoms with Gasteiger partial charge >= 0.3 is 0 Å². The second-order valence-corrected chi connectivity index (χ2v) is 6.73. The van der Waals surface area contributed by atoms with Gasteiger partial charge in [-0.3, -0.25) is 9.59 Å². The highest BCUT2D eigenvalue weighted by Gasteiger charge is 2.34. The SMILES string of the molecule is CCOc1ccc(Oc2ccccc2NC(=O)C2CC(=O)N(CCOC)C2)cc1. The van der Waals surface area contributed by atoms with Gasteiger partial charge in [0.2, 0.25) is 11.8 Å². The van der Waals surface area contributed by atoms with Gasteiger partial charge in [0.1, 0.15) is 11.5 Å². The van der Waals surface area contributed by atoms with Crippen LogP contribution in [0.5, 0.6) is 17.2 Å². The first-order valence-electron chi connectivity index (χ1n) is 9.68. The molecule has 154 valence electrons. The zero-order chi connectivity index (χ0) is 20.6. The second kappa shape index (κ2) is 9.93. The molecule has 1 aliphatic heterocycles. The Morgan fingerprint density at radius 1 is 1.14 bits per heavy atom. The van der Waals surface area contributed by atoms with Gasteiger partial charge in [-0.2, -0.15) is 0 Å². The van der Waals surface area contributed by atoms with E-state index in [1.165, 1.54) is 0 Å². The van der Waals surface area contributed by atoms with E-state index in [1.54, 1.807) is 24.1 Å². The van der Waals surface area contributed by atoms with E-state index in [1.807, 2.05) is 43.3 Å². The van der Waals surface area contributed by atoms with E-state index >= 15 is 0 Å². The maximum atomic E-state index is 12.7. The van der Waals surface area contributed by atoms with Crippen molar-refractivity contribution in [3.05, 3.63) is 48.5 Å². The molecule has 29 heavy (non-hydrogen) atoms. The number of ether oxygens (including phenoxy) is 3. The van der Waals surface area contributed by atoms with Crippen molar-refractivity contribution in [2.75, 3.05) is 38.7 Å². The lowest BCUT2D eigenvalue weighted by atomic mass is 10.1. The summed E-state index contributed by atoms with van der Waals surface area (Å²) in [6.07, 6.45) is 0.206. The van der Waals surface area contributed by atoms with Crippen LogP contribution < -0.4 is 14.8 Å². The van der Waals surface area contributed by atoms with Crippen molar-refractivity contribution in [2.24, 2.45) is 5.92 Å². The van der Waals surface area contributed by atoms with Crippen molar-refractivity contribution in [1.29, 1.82) is 0 Å². The summed E-state index contributed by atoms with van der Waals surface area (Å²) in [5.41, 5.74) is 0.564. The summed E-state index contributed by atoms with van der Waals surface area (Å²) in [5.74, 6) is 1.33. The smallest absolute Gasteiger partial charge is 0.229 e. The van der Waals surface area contributed by atoms with Gasteiger partial charge in [-0.05, 0) is 43.3 Å². The summed E-state index contributed by atoms with van der Waals surface area (Å²) in [5, 5.41) is 2.90. The van der Waals surface area contributed by atoms with Gasteiger partial charge in [0.05, 0.1) is 24.8 Å². The van der Waals surface area contributed by atoms with E-state index in [0.29, 0.717) is 43.5 Å². The molecule has 0 bridgehead atoms. The molecule has 1 atom stereocenters. The van der Waals surface area contributed by atoms with Crippen molar-refractivity contribution in [2.45, 2.75) is 13.3 Å². The zero-order valence-electron chi connectivity index (χ0n) is 16.7. The predicted molar refractivity (Wildman–Crippen MR) is 109 cm³/mol. The van der Waals surface area contributed by atoms with Gasteiger partial charge in [0.15, 0.2) is 5.75 Å². The van der Waals surface area contributed by atoms with Crippen LogP contribution in [0.15, 0.2) is 48.5 Å². The molecule has 2 aromatic carbocycles. The third kappa shape index (κ3) is 5.48. The first-order valence-corrected chi connectivity index (χ1v) is 9.68. The number of benzene rings is 2. The van der Waals surface area contributed by atoms with E-state index in [2.05, 4.69) is 5.32 Å². The number of hydrogen-bond donors (Lipinski definition) is 1. The van der Waals surface area contributed by atoms with E-state index in [-0.39, 0.29) is 18.2 Å². The maximum Gasteiger partial charge on any atom is 0.229 e. The summed E-state index contributed by atoms with van der Waals surface area (Å²) >= 11 is 0. The van der Waals surface area contributed by atoms with Crippen molar-refractivity contribution in [3.8, 4) is 17.2 Å². The molecule has 1 aliphatic rings. The van der Waals surface area contributed by atoms with Crippen LogP contribution in [0.25, 0.3) is 0 Å². The van der Waals surface area contributed by atoms with Crippen LogP contribution in [0, 0.1) is 5.92 Å². The molecule has 7 heteroatoms. The summed E-state index contributed by atoms with van der Waals surface area (Å²) < 4.78 is 16.4. The number of carbonyl (C=O) groups is 2. The second-order valence-electron chi connectivity index (χ2n) is 6.73. The number of amides is 2. The van der Waals surface area contributed by atoms with Crippen LogP contribution in [0.1, 0.15) is 13.3 Å². The molecular weight excluding hydrogens is 372 g/mol. The van der Waals surface area contributed by atoms with Gasteiger partial charge in [0, 0.05) is 26.6 Å². The molecule has 1 heterocycles. The van der Waals surface area contributed by atoms with Crippen LogP contribution in [-0.4, -0.2) is 50.1 Å². The standard InChI is InChI=1S/C22H26N2O5/c1-3-28-17-8-10-18(11-9-17)29-20-7-5-4-6-19(20)23-22(26)16-14-21(25)24(15-16)12-13-27-2/h4-11,16H,3,12-15H2,1-2H3,(H,23,26). The molecular formula is C22H26N2O5. The topological polar surface area (TPSA) is 77.1 Å². The fraction of sp³-hybridized carbons (Fsp3) is 0.364. The molecule has 0 spiro atoms. The molecule has 7 nitrogen and oxygen atoms in total. The number of para-hydroxylation sites is 2. The van der Waals surface area contributed by atoms with Gasteiger partial charge in [-0.1, -0.05) is 12.1 Å². The monoisotopic (exact) mass is 398 g/mol. The Hall–Kier alpha value is -3.06. The van der Waals surface area contributed by atoms with Crippen LogP contribution in [0.3, 0.4) is 0 Å². The summed E-state index contributed by atoms with van der Waals surface area (Å²) in [7, 11) is 1.59. The molecule has 1 saturated heterocycles. The number of nitrogens with one attached hydrogen (secondary N) is 1. The molecule has 3 rings (SSSR count). The average Bonchev–Trinajstić information content (AvgIpc) is 3.10. The van der Waals surface area contributed by atoms with Crippen LogP contribution >= 0.6 is 0 Å². The average molecular weight is 398 g/mol. The number of hydrogen-bond acceptors (Lipinski definition) is 5. The minimum absolute atomic E-state index is 0.0267. The van der Waals surface area contributed by atoms with Crippen LogP contribution in [-0.2, 0) is 14.3 Å². The Morgan fingerprint density at radius 2 is 1.86 bits per heavy atom. The minimum atomic E-state index is -0.391. The van der Waals surface area contributed by atoms with Crippen molar-refractivity contribution < 1.29 is 23.8 Å². The fourth-order valence-corrected chi connectivity index (χ4v) is 3.16. The maximum absolute atomic E-state index is 12.7. The summed E-state index contributed by atoms with van der Waals surface area (Å²) in [6, 6.07) is 14.5. The lowest BCUT2D eigenvalue weighted by Crippen LogP contribution is -2.30. The lowest BCUT2D eigenvalue weighted by molar-refractivity contribution is -0.128. The summed E-state index contributed by atoms with van der Waals surface area (Å²) in [4.78, 5) is 26.5. The predicted octanol–water partition coefficient (Wildman–Crippen LogP) is 3.31. The van der Waals surface area contributed by atoms with Crippen molar-refractivity contribution in [3.63, 3.8) is 0 Å². The van der Waals surface area contributed by atoms with Crippen molar-refractivity contribution >= 4 is 17.5 Å². The van der Waals surface area contributed by atoms with Crippen LogP contribution in [0.2, 0.25) is 0 Å². The largest absolute Gasteiger partial charge is 0.494 e. The fourth-order valence-electron chi connectivity index (χ4n) is 3.16. The molecule has 0 saturated carbocycles. The first kappa shape index (κ1) is 20.7. The molecule has 2 aromatic rings. The molecule has 1 fully saturated rings. The number of anilines is 1. The number of rotatable bonds is 9. The quantitative estimate of drug-likeness (QED) is 0.701. The van der Waals surface area contributed by atoms with Crippen molar-refractivity contribution in [1.82, 2.24) is 4.90 Å². The third-order valence-electron chi connectivity index (χ3n) is 4.66. The number of carbonyl (C=O) groups excluding carboxylic acids is 2. The summed E-state index contributed by atoms with van der Waals surface area (Å²) in [6.45, 7) is 3.88. The molecule has 0 aliphatic carbocycles. The van der Waals surface area contributed by atoms with E-state index in [0.717, 1.165) is 5.75 Å². The third-order valence-corrected chi connectivity index (χ3v) is 4.66. The molecule has 2 amide bonds. The van der Waals surface area contributed by atoms with Gasteiger partial charge < -0.3 is 24.4 Å². The number of nitrogens with zero attached hydrogens (tertiary/aromatic N) is 1. The minimum Gasteiger partial charge on any atom is -0.494 e. The molecule has 1 N–H and O–H groups in total. The lowest BCUT2D eigenvalue weighted by Gasteiger charge is -2.17. The Morgan fingerprint density at radius 3 is 2.59 bits per heavy atom. The Labute approximate surface area is 170 Å². The molecule has 0 aromatic heterocycles. The van der Waals surface area contributed by atoms with Gasteiger partial charge in [-0.15, -0.1) is 0 Å². The van der Waals surface area contributed by atoms with E-state index < -0.39 is 5.92 Å². The van der Waals surface area contributed by atoms with E-state index in [4.69, 9.17) is 14.2 Å². The number of methoxy groups -OCH3 is 1. The van der Waals surface area contributed by atoms with Gasteiger partial charge in [0.25, 0.3) is 0 Å². The van der Waals surface area contributed by atoms with E-state index in [9.17, 15) is 9.59 Å². The highest BCUT2D eigenvalue weighted by Crippen LogP contribution is 2.31.